The summed E-state index contributed by atoms with van der Waals surface area (Å²) in [5.74, 6) is 0.339. The van der Waals surface area contributed by atoms with Gasteiger partial charge in [-0.3, -0.25) is 4.79 Å². The third-order valence-corrected chi connectivity index (χ3v) is 3.06. The molecular formula is C13H19ClN2O3. The van der Waals surface area contributed by atoms with Crippen LogP contribution in [0.25, 0.3) is 0 Å². The Morgan fingerprint density at radius 3 is 2.68 bits per heavy atom. The van der Waals surface area contributed by atoms with Crippen molar-refractivity contribution in [2.75, 3.05) is 20.2 Å². The van der Waals surface area contributed by atoms with E-state index in [0.29, 0.717) is 11.3 Å². The van der Waals surface area contributed by atoms with Crippen molar-refractivity contribution in [2.45, 2.75) is 18.9 Å². The maximum atomic E-state index is 12.0. The SMILES string of the molecule is COc1cc(O)cc(C(=O)NC2CCNCC2)c1.Cl. The van der Waals surface area contributed by atoms with Crippen LogP contribution in [0.2, 0.25) is 0 Å². The predicted octanol–water partition coefficient (Wildman–Crippen LogP) is 1.30. The maximum absolute atomic E-state index is 12.0. The van der Waals surface area contributed by atoms with Crippen LogP contribution in [0.1, 0.15) is 23.2 Å². The highest BCUT2D eigenvalue weighted by Gasteiger charge is 2.17. The molecule has 1 aromatic carbocycles. The molecule has 1 amide bonds. The average Bonchev–Trinajstić information content (AvgIpc) is 2.39. The number of aromatic hydroxyl groups is 1. The molecule has 19 heavy (non-hydrogen) atoms. The van der Waals surface area contributed by atoms with Crippen molar-refractivity contribution < 1.29 is 14.6 Å². The van der Waals surface area contributed by atoms with Gasteiger partial charge in [-0.05, 0) is 38.1 Å². The third-order valence-electron chi connectivity index (χ3n) is 3.06. The highest BCUT2D eigenvalue weighted by molar-refractivity contribution is 5.95. The second kappa shape index (κ2) is 7.21. The molecule has 1 aliphatic heterocycles. The van der Waals surface area contributed by atoms with Crippen molar-refractivity contribution >= 4 is 18.3 Å². The molecule has 1 heterocycles. The van der Waals surface area contributed by atoms with Gasteiger partial charge in [0.2, 0.25) is 0 Å². The number of benzene rings is 1. The van der Waals surface area contributed by atoms with E-state index in [2.05, 4.69) is 10.6 Å². The van der Waals surface area contributed by atoms with Crippen LogP contribution in [0.3, 0.4) is 0 Å². The van der Waals surface area contributed by atoms with Crippen molar-refractivity contribution in [1.29, 1.82) is 0 Å². The van der Waals surface area contributed by atoms with E-state index in [1.807, 2.05) is 0 Å². The average molecular weight is 287 g/mol. The molecule has 6 heteroatoms. The molecule has 106 valence electrons. The monoisotopic (exact) mass is 286 g/mol. The van der Waals surface area contributed by atoms with E-state index in [1.54, 1.807) is 6.07 Å². The summed E-state index contributed by atoms with van der Waals surface area (Å²) < 4.78 is 5.03. The van der Waals surface area contributed by atoms with Crippen LogP contribution < -0.4 is 15.4 Å². The molecule has 0 spiro atoms. The number of piperidine rings is 1. The Hall–Kier alpha value is -1.46. The highest BCUT2D eigenvalue weighted by atomic mass is 35.5. The number of phenols is 1. The molecule has 0 radical (unpaired) electrons. The van der Waals surface area contributed by atoms with Crippen LogP contribution in [0.4, 0.5) is 0 Å². The molecule has 3 N–H and O–H groups in total. The molecule has 1 saturated heterocycles. The third kappa shape index (κ3) is 4.29. The zero-order chi connectivity index (χ0) is 13.0. The van der Waals surface area contributed by atoms with Crippen LogP contribution in [-0.4, -0.2) is 37.3 Å². The van der Waals surface area contributed by atoms with Gasteiger partial charge in [0.1, 0.15) is 11.5 Å². The number of ether oxygens (including phenoxy) is 1. The molecule has 1 aliphatic rings. The number of nitrogens with one attached hydrogen (secondary N) is 2. The first-order valence-corrected chi connectivity index (χ1v) is 6.08. The van der Waals surface area contributed by atoms with Crippen molar-refractivity contribution in [3.63, 3.8) is 0 Å². The Labute approximate surface area is 118 Å². The van der Waals surface area contributed by atoms with Crippen LogP contribution in [0.15, 0.2) is 18.2 Å². The molecule has 0 aromatic heterocycles. The lowest BCUT2D eigenvalue weighted by Gasteiger charge is -2.23. The van der Waals surface area contributed by atoms with Crippen molar-refractivity contribution in [3.8, 4) is 11.5 Å². The summed E-state index contributed by atoms with van der Waals surface area (Å²) in [4.78, 5) is 12.0. The van der Waals surface area contributed by atoms with Crippen LogP contribution in [0.5, 0.6) is 11.5 Å². The smallest absolute Gasteiger partial charge is 0.251 e. The molecule has 0 bridgehead atoms. The summed E-state index contributed by atoms with van der Waals surface area (Å²) in [6.45, 7) is 1.85. The highest BCUT2D eigenvalue weighted by Crippen LogP contribution is 2.21. The van der Waals surface area contributed by atoms with Crippen LogP contribution in [-0.2, 0) is 0 Å². The number of carbonyl (C=O) groups is 1. The number of halogens is 1. The first kappa shape index (κ1) is 15.6. The summed E-state index contributed by atoms with van der Waals surface area (Å²) in [5.41, 5.74) is 0.422. The van der Waals surface area contributed by atoms with Gasteiger partial charge in [0.05, 0.1) is 7.11 Å². The van der Waals surface area contributed by atoms with Crippen molar-refractivity contribution in [3.05, 3.63) is 23.8 Å². The van der Waals surface area contributed by atoms with Gasteiger partial charge >= 0.3 is 0 Å². The zero-order valence-electron chi connectivity index (χ0n) is 10.8. The quantitative estimate of drug-likeness (QED) is 0.783. The lowest BCUT2D eigenvalue weighted by atomic mass is 10.1. The molecule has 0 unspecified atom stereocenters. The fourth-order valence-electron chi connectivity index (χ4n) is 2.07. The fourth-order valence-corrected chi connectivity index (χ4v) is 2.07. The number of rotatable bonds is 3. The van der Waals surface area contributed by atoms with E-state index in [1.165, 1.54) is 19.2 Å². The summed E-state index contributed by atoms with van der Waals surface area (Å²) in [7, 11) is 1.50. The summed E-state index contributed by atoms with van der Waals surface area (Å²) in [6, 6.07) is 4.74. The van der Waals surface area contributed by atoms with E-state index in [0.717, 1.165) is 25.9 Å². The van der Waals surface area contributed by atoms with E-state index in [-0.39, 0.29) is 30.1 Å². The van der Waals surface area contributed by atoms with Gasteiger partial charge in [0, 0.05) is 17.7 Å². The molecule has 2 rings (SSSR count). The largest absolute Gasteiger partial charge is 0.508 e. The summed E-state index contributed by atoms with van der Waals surface area (Å²) in [5, 5.41) is 15.7. The minimum Gasteiger partial charge on any atom is -0.508 e. The lowest BCUT2D eigenvalue weighted by molar-refractivity contribution is 0.0929. The normalized spacial score (nSPS) is 15.4. The van der Waals surface area contributed by atoms with Gasteiger partial charge in [0.15, 0.2) is 0 Å². The lowest BCUT2D eigenvalue weighted by Crippen LogP contribution is -2.42. The Morgan fingerprint density at radius 2 is 2.05 bits per heavy atom. The second-order valence-corrected chi connectivity index (χ2v) is 4.42. The maximum Gasteiger partial charge on any atom is 0.251 e. The molecule has 0 saturated carbocycles. The van der Waals surface area contributed by atoms with Gasteiger partial charge in [-0.1, -0.05) is 0 Å². The van der Waals surface area contributed by atoms with Crippen LogP contribution in [0, 0.1) is 0 Å². The van der Waals surface area contributed by atoms with Gasteiger partial charge in [-0.15, -0.1) is 12.4 Å². The number of hydrogen-bond acceptors (Lipinski definition) is 4. The minimum atomic E-state index is -0.170. The number of hydrogen-bond donors (Lipinski definition) is 3. The number of phenolic OH excluding ortho intramolecular Hbond substituents is 1. The Morgan fingerprint density at radius 1 is 1.37 bits per heavy atom. The first-order chi connectivity index (χ1) is 8.69. The van der Waals surface area contributed by atoms with E-state index >= 15 is 0 Å². The molecule has 1 fully saturated rings. The van der Waals surface area contributed by atoms with Crippen molar-refractivity contribution in [2.24, 2.45) is 0 Å². The van der Waals surface area contributed by atoms with Gasteiger partial charge in [0.25, 0.3) is 5.91 Å². The molecule has 1 aromatic rings. The standard InChI is InChI=1S/C13H18N2O3.ClH/c1-18-12-7-9(6-11(16)8-12)13(17)15-10-2-4-14-5-3-10;/h6-8,10,14,16H,2-5H2,1H3,(H,15,17);1H. The Bertz CT molecular complexity index is 434. The number of amides is 1. The zero-order valence-corrected chi connectivity index (χ0v) is 11.6. The molecule has 0 aliphatic carbocycles. The Kier molecular flexibility index (Phi) is 5.92. The van der Waals surface area contributed by atoms with E-state index in [9.17, 15) is 9.90 Å². The number of carbonyl (C=O) groups excluding carboxylic acids is 1. The molecule has 5 nitrogen and oxygen atoms in total. The second-order valence-electron chi connectivity index (χ2n) is 4.42. The van der Waals surface area contributed by atoms with Gasteiger partial charge in [-0.25, -0.2) is 0 Å². The van der Waals surface area contributed by atoms with Gasteiger partial charge in [-0.2, -0.15) is 0 Å². The minimum absolute atomic E-state index is 0. The molecular weight excluding hydrogens is 268 g/mol. The predicted molar refractivity (Wildman–Crippen MR) is 75.3 cm³/mol. The van der Waals surface area contributed by atoms with E-state index in [4.69, 9.17) is 4.74 Å². The number of methoxy groups -OCH3 is 1. The van der Waals surface area contributed by atoms with Crippen molar-refractivity contribution in [1.82, 2.24) is 10.6 Å². The van der Waals surface area contributed by atoms with Crippen LogP contribution >= 0.6 is 12.4 Å². The summed E-state index contributed by atoms with van der Waals surface area (Å²) in [6.07, 6.45) is 1.86. The first-order valence-electron chi connectivity index (χ1n) is 6.08. The summed E-state index contributed by atoms with van der Waals surface area (Å²) >= 11 is 0. The van der Waals surface area contributed by atoms with E-state index < -0.39 is 0 Å². The fraction of sp³-hybridized carbons (Fsp3) is 0.462. The topological polar surface area (TPSA) is 70.6 Å². The van der Waals surface area contributed by atoms with Gasteiger partial charge < -0.3 is 20.5 Å². The molecule has 0 atom stereocenters. The Balaban J connectivity index is 0.00000180.